The molecule has 186 valence electrons. The molecule has 0 bridgehead atoms. The largest absolute Gasteiger partial charge is 0.507 e. The van der Waals surface area contributed by atoms with E-state index in [4.69, 9.17) is 4.74 Å². The Kier molecular flexibility index (Phi) is 6.18. The number of nitrogens with zero attached hydrogens (tertiary/aromatic N) is 3. The topological polar surface area (TPSA) is 130 Å². The molecule has 1 aliphatic heterocycles. The summed E-state index contributed by atoms with van der Waals surface area (Å²) in [6.45, 7) is 3.75. The number of aromatic carboxylic acids is 1. The van der Waals surface area contributed by atoms with Gasteiger partial charge < -0.3 is 14.9 Å². The van der Waals surface area contributed by atoms with Crippen LogP contribution in [0, 0.1) is 0 Å². The summed E-state index contributed by atoms with van der Waals surface area (Å²) >= 11 is 1.08. The Morgan fingerprint density at radius 2 is 1.86 bits per heavy atom. The number of fused-ring (bicyclic) bond motifs is 1. The molecule has 37 heavy (non-hydrogen) atoms. The number of anilines is 1. The van der Waals surface area contributed by atoms with Gasteiger partial charge in [-0.1, -0.05) is 29.5 Å². The van der Waals surface area contributed by atoms with Crippen LogP contribution < -0.4 is 9.64 Å². The van der Waals surface area contributed by atoms with E-state index in [1.165, 1.54) is 23.2 Å². The van der Waals surface area contributed by atoms with Crippen molar-refractivity contribution in [2.45, 2.75) is 26.0 Å². The summed E-state index contributed by atoms with van der Waals surface area (Å²) in [7, 11) is 0. The average molecular weight is 516 g/mol. The van der Waals surface area contributed by atoms with E-state index >= 15 is 0 Å². The van der Waals surface area contributed by atoms with Gasteiger partial charge in [0.1, 0.15) is 11.5 Å². The lowest BCUT2D eigenvalue weighted by atomic mass is 9.96. The lowest BCUT2D eigenvalue weighted by molar-refractivity contribution is -0.132. The highest BCUT2D eigenvalue weighted by Crippen LogP contribution is 2.44. The van der Waals surface area contributed by atoms with Crippen molar-refractivity contribution in [2.75, 3.05) is 4.90 Å². The van der Waals surface area contributed by atoms with E-state index in [1.807, 2.05) is 13.8 Å². The van der Waals surface area contributed by atoms with E-state index in [0.29, 0.717) is 27.1 Å². The van der Waals surface area contributed by atoms with E-state index < -0.39 is 23.7 Å². The second kappa shape index (κ2) is 9.47. The number of rotatable bonds is 6. The van der Waals surface area contributed by atoms with Gasteiger partial charge in [-0.2, -0.15) is 0 Å². The second-order valence-corrected chi connectivity index (χ2v) is 9.64. The molecule has 10 heteroatoms. The Balaban J connectivity index is 1.67. The predicted octanol–water partition coefficient (Wildman–Crippen LogP) is 4.80. The van der Waals surface area contributed by atoms with Gasteiger partial charge in [0.15, 0.2) is 5.13 Å². The Morgan fingerprint density at radius 3 is 2.57 bits per heavy atom. The molecule has 0 radical (unpaired) electrons. The summed E-state index contributed by atoms with van der Waals surface area (Å²) in [5.41, 5.74) is 1.28. The zero-order chi connectivity index (χ0) is 26.3. The van der Waals surface area contributed by atoms with Crippen molar-refractivity contribution in [2.24, 2.45) is 0 Å². The Hall–Kier alpha value is -4.57. The van der Waals surface area contributed by atoms with E-state index in [9.17, 15) is 24.6 Å². The van der Waals surface area contributed by atoms with Crippen LogP contribution in [0.2, 0.25) is 0 Å². The van der Waals surface area contributed by atoms with Gasteiger partial charge in [0.05, 0.1) is 33.5 Å². The molecule has 0 saturated carbocycles. The van der Waals surface area contributed by atoms with Gasteiger partial charge in [0.25, 0.3) is 5.78 Å². The van der Waals surface area contributed by atoms with Crippen molar-refractivity contribution < 1.29 is 29.3 Å². The summed E-state index contributed by atoms with van der Waals surface area (Å²) in [6, 6.07) is 13.5. The molecule has 1 aliphatic rings. The maximum atomic E-state index is 13.4. The molecule has 1 saturated heterocycles. The van der Waals surface area contributed by atoms with Crippen LogP contribution in [0.5, 0.6) is 5.75 Å². The fourth-order valence-electron chi connectivity index (χ4n) is 4.18. The molecule has 2 aromatic heterocycles. The van der Waals surface area contributed by atoms with Gasteiger partial charge in [-0.05, 0) is 55.8 Å². The minimum absolute atomic E-state index is 0.0806. The number of hydrogen-bond acceptors (Lipinski definition) is 8. The first-order chi connectivity index (χ1) is 17.7. The van der Waals surface area contributed by atoms with Crippen molar-refractivity contribution >= 4 is 50.1 Å². The summed E-state index contributed by atoms with van der Waals surface area (Å²) in [5, 5.41) is 20.8. The Labute approximate surface area is 215 Å². The third kappa shape index (κ3) is 4.43. The number of aliphatic hydroxyl groups excluding tert-OH is 1. The maximum absolute atomic E-state index is 13.4. The minimum atomic E-state index is -1.09. The van der Waals surface area contributed by atoms with E-state index in [2.05, 4.69) is 9.97 Å². The highest BCUT2D eigenvalue weighted by atomic mass is 32.1. The quantitative estimate of drug-likeness (QED) is 0.213. The molecule has 1 unspecified atom stereocenters. The van der Waals surface area contributed by atoms with Crippen LogP contribution in [-0.2, 0) is 9.59 Å². The molecule has 2 aromatic carbocycles. The second-order valence-electron chi connectivity index (χ2n) is 8.63. The molecule has 0 aliphatic carbocycles. The van der Waals surface area contributed by atoms with Crippen LogP contribution >= 0.6 is 11.3 Å². The Bertz CT molecular complexity index is 1580. The molecule has 1 atom stereocenters. The molecule has 9 nitrogen and oxygen atoms in total. The van der Waals surface area contributed by atoms with Crippen LogP contribution in [-0.4, -0.2) is 43.9 Å². The lowest BCUT2D eigenvalue weighted by Crippen LogP contribution is -2.29. The molecule has 1 fully saturated rings. The van der Waals surface area contributed by atoms with Crippen molar-refractivity contribution in [3.8, 4) is 5.75 Å². The standard InChI is InChI=1S/C27H21N3O6S/c1-14(2)36-18-7-3-5-15(11-18)23(31)21-22(17-6-4-10-28-13-17)30(25(33)24(21)32)27-29-19-9-8-16(26(34)35)12-20(19)37-27/h3-14,22,31H,1-2H3,(H,34,35)/b23-21+. The number of ether oxygens (including phenoxy) is 1. The van der Waals surface area contributed by atoms with Gasteiger partial charge in [-0.3, -0.25) is 19.5 Å². The number of carboxylic acid groups (broad SMARTS) is 1. The smallest absolute Gasteiger partial charge is 0.335 e. The maximum Gasteiger partial charge on any atom is 0.335 e. The van der Waals surface area contributed by atoms with Gasteiger partial charge >= 0.3 is 11.9 Å². The summed E-state index contributed by atoms with van der Waals surface area (Å²) in [6.07, 6.45) is 2.98. The van der Waals surface area contributed by atoms with Crippen LogP contribution in [0.15, 0.2) is 72.6 Å². The summed E-state index contributed by atoms with van der Waals surface area (Å²) in [5.74, 6) is -2.66. The number of hydrogen-bond donors (Lipinski definition) is 2. The number of carbonyl (C=O) groups excluding carboxylic acids is 2. The zero-order valence-electron chi connectivity index (χ0n) is 19.8. The highest BCUT2D eigenvalue weighted by Gasteiger charge is 2.48. The third-order valence-electron chi connectivity index (χ3n) is 5.75. The fourth-order valence-corrected chi connectivity index (χ4v) is 5.21. The lowest BCUT2D eigenvalue weighted by Gasteiger charge is -2.22. The number of benzene rings is 2. The number of Topliss-reactive ketones (excluding diaryl/α,β-unsaturated/α-hetero) is 1. The number of ketones is 1. The molecule has 1 amide bonds. The van der Waals surface area contributed by atoms with Crippen molar-refractivity contribution in [3.63, 3.8) is 0 Å². The van der Waals surface area contributed by atoms with E-state index in [1.54, 1.807) is 48.7 Å². The molecular formula is C27H21N3O6S. The van der Waals surface area contributed by atoms with Crippen molar-refractivity contribution in [1.82, 2.24) is 9.97 Å². The number of amides is 1. The minimum Gasteiger partial charge on any atom is -0.507 e. The molecule has 0 spiro atoms. The van der Waals surface area contributed by atoms with Gasteiger partial charge in [0.2, 0.25) is 0 Å². The van der Waals surface area contributed by atoms with Gasteiger partial charge in [-0.15, -0.1) is 0 Å². The van der Waals surface area contributed by atoms with Crippen LogP contribution in [0.3, 0.4) is 0 Å². The predicted molar refractivity (Wildman–Crippen MR) is 138 cm³/mol. The normalized spacial score (nSPS) is 17.1. The molecular weight excluding hydrogens is 494 g/mol. The number of carbonyl (C=O) groups is 3. The number of thiazole rings is 1. The average Bonchev–Trinajstić information content (AvgIpc) is 3.41. The molecule has 4 aromatic rings. The first-order valence-electron chi connectivity index (χ1n) is 11.4. The van der Waals surface area contributed by atoms with Gasteiger partial charge in [-0.25, -0.2) is 9.78 Å². The number of carboxylic acids is 1. The van der Waals surface area contributed by atoms with Crippen LogP contribution in [0.4, 0.5) is 5.13 Å². The fraction of sp³-hybridized carbons (Fsp3) is 0.148. The first-order valence-corrected chi connectivity index (χ1v) is 12.2. The Morgan fingerprint density at radius 1 is 1.05 bits per heavy atom. The van der Waals surface area contributed by atoms with E-state index in [0.717, 1.165) is 11.3 Å². The third-order valence-corrected chi connectivity index (χ3v) is 6.77. The monoisotopic (exact) mass is 515 g/mol. The van der Waals surface area contributed by atoms with Gasteiger partial charge in [0, 0.05) is 18.0 Å². The molecule has 3 heterocycles. The van der Waals surface area contributed by atoms with E-state index in [-0.39, 0.29) is 28.1 Å². The number of aromatic nitrogens is 2. The molecule has 2 N–H and O–H groups in total. The number of pyridine rings is 1. The SMILES string of the molecule is CC(C)Oc1cccc(/C(O)=C2\C(=O)C(=O)N(c3nc4ccc(C(=O)O)cc4s3)C2c2cccnc2)c1. The highest BCUT2D eigenvalue weighted by molar-refractivity contribution is 7.22. The van der Waals surface area contributed by atoms with Crippen molar-refractivity contribution in [1.29, 1.82) is 0 Å². The first kappa shape index (κ1) is 24.1. The summed E-state index contributed by atoms with van der Waals surface area (Å²) in [4.78, 5) is 48.0. The van der Waals surface area contributed by atoms with Crippen LogP contribution in [0.25, 0.3) is 16.0 Å². The number of aliphatic hydroxyl groups is 1. The molecule has 5 rings (SSSR count). The zero-order valence-corrected chi connectivity index (χ0v) is 20.6. The van der Waals surface area contributed by atoms with Crippen molar-refractivity contribution in [3.05, 3.63) is 89.3 Å². The van der Waals surface area contributed by atoms with Crippen LogP contribution in [0.1, 0.15) is 41.4 Å². The summed E-state index contributed by atoms with van der Waals surface area (Å²) < 4.78 is 6.26.